The number of hydrogen-bond donors (Lipinski definition) is 2. The van der Waals surface area contributed by atoms with E-state index in [1.807, 2.05) is 11.9 Å². The molecule has 0 spiro atoms. The fourth-order valence-corrected chi connectivity index (χ4v) is 3.56. The van der Waals surface area contributed by atoms with Crippen LogP contribution < -0.4 is 10.5 Å². The zero-order valence-electron chi connectivity index (χ0n) is 12.5. The average Bonchev–Trinajstić information content (AvgIpc) is 2.45. The SMILES string of the molecule is COCCN(C)CCNS(=O)(=O)N1CCCC(CN)C1. The van der Waals surface area contributed by atoms with Gasteiger partial charge in [-0.1, -0.05) is 0 Å². The van der Waals surface area contributed by atoms with Crippen LogP contribution in [0.2, 0.25) is 0 Å². The van der Waals surface area contributed by atoms with Crippen LogP contribution in [0.1, 0.15) is 12.8 Å². The normalized spacial score (nSPS) is 21.5. The van der Waals surface area contributed by atoms with Gasteiger partial charge in [0.05, 0.1) is 6.61 Å². The molecule has 0 radical (unpaired) electrons. The number of ether oxygens (including phenoxy) is 1. The van der Waals surface area contributed by atoms with Crippen molar-refractivity contribution in [1.82, 2.24) is 13.9 Å². The molecule has 1 aliphatic heterocycles. The molecule has 0 aliphatic carbocycles. The Morgan fingerprint density at radius 1 is 1.45 bits per heavy atom. The van der Waals surface area contributed by atoms with Gasteiger partial charge in [-0.15, -0.1) is 0 Å². The molecule has 0 aromatic carbocycles. The van der Waals surface area contributed by atoms with E-state index in [1.54, 1.807) is 7.11 Å². The molecule has 0 bridgehead atoms. The van der Waals surface area contributed by atoms with Crippen LogP contribution >= 0.6 is 0 Å². The Hall–Kier alpha value is -0.250. The Labute approximate surface area is 122 Å². The lowest BCUT2D eigenvalue weighted by Gasteiger charge is -2.31. The number of nitrogens with zero attached hydrogens (tertiary/aromatic N) is 2. The van der Waals surface area contributed by atoms with Crippen molar-refractivity contribution in [3.63, 3.8) is 0 Å². The average molecular weight is 308 g/mol. The lowest BCUT2D eigenvalue weighted by atomic mass is 10.0. The first kappa shape index (κ1) is 17.8. The fraction of sp³-hybridized carbons (Fsp3) is 1.00. The molecule has 1 heterocycles. The maximum Gasteiger partial charge on any atom is 0.279 e. The second-order valence-electron chi connectivity index (χ2n) is 5.30. The number of nitrogens with two attached hydrogens (primary N) is 1. The molecule has 0 amide bonds. The summed E-state index contributed by atoms with van der Waals surface area (Å²) in [5.41, 5.74) is 5.63. The first-order valence-electron chi connectivity index (χ1n) is 7.12. The molecular formula is C12H28N4O3S. The molecule has 1 saturated heterocycles. The van der Waals surface area contributed by atoms with Crippen LogP contribution in [0.4, 0.5) is 0 Å². The van der Waals surface area contributed by atoms with Gasteiger partial charge < -0.3 is 15.4 Å². The van der Waals surface area contributed by atoms with Gasteiger partial charge in [-0.3, -0.25) is 0 Å². The monoisotopic (exact) mass is 308 g/mol. The molecule has 1 aliphatic rings. The summed E-state index contributed by atoms with van der Waals surface area (Å²) in [5, 5.41) is 0. The van der Waals surface area contributed by atoms with Crippen molar-refractivity contribution >= 4 is 10.2 Å². The molecule has 120 valence electrons. The Morgan fingerprint density at radius 3 is 2.85 bits per heavy atom. The van der Waals surface area contributed by atoms with Gasteiger partial charge in [0, 0.05) is 39.8 Å². The Bertz CT molecular complexity index is 364. The third kappa shape index (κ3) is 6.02. The molecule has 0 aromatic rings. The molecule has 0 saturated carbocycles. The number of rotatable bonds is 9. The highest BCUT2D eigenvalue weighted by molar-refractivity contribution is 7.87. The minimum atomic E-state index is -3.37. The highest BCUT2D eigenvalue weighted by atomic mass is 32.2. The number of likely N-dealkylation sites (N-methyl/N-ethyl adjacent to an activating group) is 1. The van der Waals surface area contributed by atoms with Crippen LogP contribution in [0.15, 0.2) is 0 Å². The number of nitrogens with one attached hydrogen (secondary N) is 1. The summed E-state index contributed by atoms with van der Waals surface area (Å²) in [7, 11) is 0.224. The van der Waals surface area contributed by atoms with Crippen LogP contribution in [0.25, 0.3) is 0 Å². The van der Waals surface area contributed by atoms with E-state index in [0.717, 1.165) is 19.4 Å². The Morgan fingerprint density at radius 2 is 2.20 bits per heavy atom. The minimum Gasteiger partial charge on any atom is -0.383 e. The van der Waals surface area contributed by atoms with Gasteiger partial charge in [0.2, 0.25) is 0 Å². The molecule has 1 unspecified atom stereocenters. The van der Waals surface area contributed by atoms with E-state index in [-0.39, 0.29) is 5.92 Å². The topological polar surface area (TPSA) is 87.9 Å². The predicted octanol–water partition coefficient (Wildman–Crippen LogP) is -0.930. The number of methoxy groups -OCH3 is 1. The Kier molecular flexibility index (Phi) is 7.93. The Balaban J connectivity index is 2.33. The highest BCUT2D eigenvalue weighted by Crippen LogP contribution is 2.17. The minimum absolute atomic E-state index is 0.282. The van der Waals surface area contributed by atoms with E-state index in [2.05, 4.69) is 4.72 Å². The van der Waals surface area contributed by atoms with Gasteiger partial charge in [0.15, 0.2) is 0 Å². The van der Waals surface area contributed by atoms with Gasteiger partial charge >= 0.3 is 0 Å². The van der Waals surface area contributed by atoms with Crippen LogP contribution in [0, 0.1) is 5.92 Å². The van der Waals surface area contributed by atoms with Crippen molar-refractivity contribution in [2.75, 3.05) is 60.0 Å². The maximum atomic E-state index is 12.2. The van der Waals surface area contributed by atoms with Gasteiger partial charge in [-0.05, 0) is 32.4 Å². The van der Waals surface area contributed by atoms with Crippen molar-refractivity contribution in [2.45, 2.75) is 12.8 Å². The lowest BCUT2D eigenvalue weighted by Crippen LogP contribution is -2.48. The first-order chi connectivity index (χ1) is 9.49. The smallest absolute Gasteiger partial charge is 0.279 e. The van der Waals surface area contributed by atoms with E-state index in [0.29, 0.717) is 39.3 Å². The summed E-state index contributed by atoms with van der Waals surface area (Å²) < 4.78 is 33.5. The van der Waals surface area contributed by atoms with E-state index in [1.165, 1.54) is 4.31 Å². The second-order valence-corrected chi connectivity index (χ2v) is 7.05. The third-order valence-electron chi connectivity index (χ3n) is 3.61. The summed E-state index contributed by atoms with van der Waals surface area (Å²) in [5.74, 6) is 0.282. The van der Waals surface area contributed by atoms with Crippen molar-refractivity contribution < 1.29 is 13.2 Å². The summed E-state index contributed by atoms with van der Waals surface area (Å²) in [4.78, 5) is 2.03. The van der Waals surface area contributed by atoms with Crippen molar-refractivity contribution in [2.24, 2.45) is 11.7 Å². The molecule has 1 rings (SSSR count). The zero-order valence-corrected chi connectivity index (χ0v) is 13.4. The first-order valence-corrected chi connectivity index (χ1v) is 8.56. The third-order valence-corrected chi connectivity index (χ3v) is 5.19. The zero-order chi connectivity index (χ0) is 15.0. The quantitative estimate of drug-likeness (QED) is 0.574. The molecular weight excluding hydrogens is 280 g/mol. The maximum absolute atomic E-state index is 12.2. The molecule has 8 heteroatoms. The van der Waals surface area contributed by atoms with Gasteiger partial charge in [0.1, 0.15) is 0 Å². The summed E-state index contributed by atoms with van der Waals surface area (Å²) in [6.45, 7) is 4.18. The van der Waals surface area contributed by atoms with Gasteiger partial charge in [-0.2, -0.15) is 12.7 Å². The molecule has 3 N–H and O–H groups in total. The molecule has 1 atom stereocenters. The summed E-state index contributed by atoms with van der Waals surface area (Å²) in [6, 6.07) is 0. The molecule has 0 aromatic heterocycles. The largest absolute Gasteiger partial charge is 0.383 e. The number of hydrogen-bond acceptors (Lipinski definition) is 5. The molecule has 7 nitrogen and oxygen atoms in total. The van der Waals surface area contributed by atoms with E-state index in [9.17, 15) is 8.42 Å². The van der Waals surface area contributed by atoms with Crippen LogP contribution in [0.5, 0.6) is 0 Å². The standard InChI is InChI=1S/C12H28N4O3S/c1-15(8-9-19-2)7-5-14-20(17,18)16-6-3-4-12(10-13)11-16/h12,14H,3-11,13H2,1-2H3. The predicted molar refractivity (Wildman–Crippen MR) is 79.6 cm³/mol. The van der Waals surface area contributed by atoms with Crippen LogP contribution in [-0.2, 0) is 14.9 Å². The molecule has 20 heavy (non-hydrogen) atoms. The number of piperidine rings is 1. The fourth-order valence-electron chi connectivity index (χ4n) is 2.25. The van der Waals surface area contributed by atoms with Gasteiger partial charge in [0.25, 0.3) is 10.2 Å². The van der Waals surface area contributed by atoms with Crippen LogP contribution in [0.3, 0.4) is 0 Å². The van der Waals surface area contributed by atoms with E-state index >= 15 is 0 Å². The van der Waals surface area contributed by atoms with Crippen molar-refractivity contribution in [1.29, 1.82) is 0 Å². The van der Waals surface area contributed by atoms with Crippen molar-refractivity contribution in [3.05, 3.63) is 0 Å². The second kappa shape index (κ2) is 8.91. The summed E-state index contributed by atoms with van der Waals surface area (Å²) in [6.07, 6.45) is 1.90. The van der Waals surface area contributed by atoms with Crippen LogP contribution in [-0.4, -0.2) is 77.7 Å². The van der Waals surface area contributed by atoms with E-state index < -0.39 is 10.2 Å². The van der Waals surface area contributed by atoms with Gasteiger partial charge in [-0.25, -0.2) is 4.72 Å². The molecule has 1 fully saturated rings. The highest BCUT2D eigenvalue weighted by Gasteiger charge is 2.27. The van der Waals surface area contributed by atoms with E-state index in [4.69, 9.17) is 10.5 Å². The van der Waals surface area contributed by atoms with Crippen molar-refractivity contribution in [3.8, 4) is 0 Å². The summed E-state index contributed by atoms with van der Waals surface area (Å²) >= 11 is 0. The lowest BCUT2D eigenvalue weighted by molar-refractivity contribution is 0.162.